The van der Waals surface area contributed by atoms with Gasteiger partial charge in [-0.2, -0.15) is 0 Å². The molecule has 0 fully saturated rings. The fraction of sp³-hybridized carbons (Fsp3) is 0.364. The highest BCUT2D eigenvalue weighted by Crippen LogP contribution is 2.37. The van der Waals surface area contributed by atoms with Crippen LogP contribution in [0.5, 0.6) is 5.75 Å². The first kappa shape index (κ1) is 30.7. The van der Waals surface area contributed by atoms with Crippen molar-refractivity contribution >= 4 is 47.4 Å². The maximum absolute atomic E-state index is 15.8. The first-order chi connectivity index (χ1) is 21.4. The maximum atomic E-state index is 15.8. The summed E-state index contributed by atoms with van der Waals surface area (Å²) < 4.78 is 34.3. The number of halogens is 1. The molecule has 0 atom stereocenters. The maximum Gasteiger partial charge on any atom is 0.421 e. The number of nitrogens with one attached hydrogen (secondary N) is 1. The number of fused-ring (bicyclic) bond motifs is 3. The van der Waals surface area contributed by atoms with Crippen LogP contribution in [0.1, 0.15) is 16.7 Å². The van der Waals surface area contributed by atoms with Crippen molar-refractivity contribution in [2.45, 2.75) is 52.3 Å². The number of nitrogens with zero attached hydrogens (tertiary/aromatic N) is 4. The summed E-state index contributed by atoms with van der Waals surface area (Å²) in [7, 11) is 2.47. The first-order valence-electron chi connectivity index (χ1n) is 15.0. The molecular formula is C33H39FN6O4Si. The Balaban J connectivity index is 1.34. The minimum absolute atomic E-state index is 0.0576. The Morgan fingerprint density at radius 1 is 1.13 bits per heavy atom. The summed E-state index contributed by atoms with van der Waals surface area (Å²) >= 11 is 0. The van der Waals surface area contributed by atoms with Crippen molar-refractivity contribution in [1.82, 2.24) is 19.4 Å². The number of benzene rings is 3. The number of nitrogen functional groups attached to an aromatic ring is 1. The van der Waals surface area contributed by atoms with Crippen LogP contribution in [0.3, 0.4) is 0 Å². The Bertz CT molecular complexity index is 1980. The zero-order valence-corrected chi connectivity index (χ0v) is 27.6. The van der Waals surface area contributed by atoms with Gasteiger partial charge in [-0.3, -0.25) is 0 Å². The van der Waals surface area contributed by atoms with E-state index < -0.39 is 19.6 Å². The lowest BCUT2D eigenvalue weighted by Crippen LogP contribution is -2.26. The van der Waals surface area contributed by atoms with Crippen LogP contribution in [0, 0.1) is 12.7 Å². The van der Waals surface area contributed by atoms with E-state index in [1.165, 1.54) is 21.9 Å². The van der Waals surface area contributed by atoms with Gasteiger partial charge in [0.2, 0.25) is 5.95 Å². The van der Waals surface area contributed by atoms with Gasteiger partial charge in [-0.15, -0.1) is 0 Å². The van der Waals surface area contributed by atoms with Crippen LogP contribution in [0.4, 0.5) is 21.7 Å². The van der Waals surface area contributed by atoms with E-state index >= 15 is 4.39 Å². The van der Waals surface area contributed by atoms with Gasteiger partial charge in [-0.05, 0) is 79.0 Å². The zero-order chi connectivity index (χ0) is 32.0. The van der Waals surface area contributed by atoms with Crippen molar-refractivity contribution in [2.24, 2.45) is 0 Å². The van der Waals surface area contributed by atoms with Crippen molar-refractivity contribution < 1.29 is 18.3 Å². The molecule has 1 aliphatic rings. The molecule has 10 nitrogen and oxygen atoms in total. The number of methoxy groups -OCH3 is 1. The average Bonchev–Trinajstić information content (AvgIpc) is 3.29. The van der Waals surface area contributed by atoms with Crippen LogP contribution in [0.2, 0.25) is 25.7 Å². The number of aromatic nitrogens is 3. The number of oxazole rings is 1. The molecule has 3 aromatic carbocycles. The molecule has 5 aromatic rings. The van der Waals surface area contributed by atoms with E-state index in [1.807, 2.05) is 13.0 Å². The highest BCUT2D eigenvalue weighted by Gasteiger charge is 2.21. The molecule has 3 N–H and O–H groups in total. The van der Waals surface area contributed by atoms with Gasteiger partial charge in [-0.25, -0.2) is 23.7 Å². The lowest BCUT2D eigenvalue weighted by molar-refractivity contribution is 0.0850. The molecule has 0 spiro atoms. The van der Waals surface area contributed by atoms with E-state index in [0.717, 1.165) is 36.8 Å². The molecule has 0 saturated carbocycles. The predicted molar refractivity (Wildman–Crippen MR) is 179 cm³/mol. The Kier molecular flexibility index (Phi) is 8.14. The number of hydrogen-bond donors (Lipinski definition) is 2. The number of ether oxygens (including phenoxy) is 2. The standard InChI is InChI=1S/C33H39FN6O4Si/c1-19-11-27-29(44-33(41)40(27)18-43-9-10-45(4,5)6)15-22(19)23-14-25-24(31(35)30(23)34)16-36-32(37-25)38-26-12-21-17-39(2)8-7-20(21)13-28(26)42-3/h11-16H,7-10,17-18,35H2,1-6H3,(H,36,37,38). The summed E-state index contributed by atoms with van der Waals surface area (Å²) in [6, 6.07) is 10.2. The normalized spacial score (nSPS) is 13.8. The van der Waals surface area contributed by atoms with Crippen LogP contribution in [0.15, 0.2) is 45.7 Å². The topological polar surface area (TPSA) is 121 Å². The molecule has 1 aliphatic heterocycles. The summed E-state index contributed by atoms with van der Waals surface area (Å²) in [5.74, 6) is -0.0988. The number of rotatable bonds is 9. The van der Waals surface area contributed by atoms with E-state index in [1.54, 1.807) is 19.2 Å². The molecule has 0 radical (unpaired) electrons. The SMILES string of the molecule is COc1cc2c(cc1Nc1ncc3c(N)c(F)c(-c4cc5oc(=O)n(COCC[Si](C)(C)C)c5cc4C)cc3n1)CN(C)CC2. The Labute approximate surface area is 262 Å². The van der Waals surface area contributed by atoms with Gasteiger partial charge < -0.3 is 29.8 Å². The summed E-state index contributed by atoms with van der Waals surface area (Å²) in [5, 5.41) is 3.68. The Hall–Kier alpha value is -4.26. The fourth-order valence-corrected chi connectivity index (χ4v) is 6.46. The predicted octanol–water partition coefficient (Wildman–Crippen LogP) is 6.29. The zero-order valence-electron chi connectivity index (χ0n) is 26.6. The van der Waals surface area contributed by atoms with Crippen LogP contribution < -0.4 is 21.5 Å². The molecule has 236 valence electrons. The monoisotopic (exact) mass is 630 g/mol. The lowest BCUT2D eigenvalue weighted by atomic mass is 9.97. The van der Waals surface area contributed by atoms with E-state index in [2.05, 4.69) is 54.0 Å². The van der Waals surface area contributed by atoms with Crippen molar-refractivity contribution in [2.75, 3.05) is 38.4 Å². The van der Waals surface area contributed by atoms with Crippen LogP contribution in [-0.2, 0) is 24.4 Å². The van der Waals surface area contributed by atoms with E-state index in [4.69, 9.17) is 24.6 Å². The molecule has 0 unspecified atom stereocenters. The van der Waals surface area contributed by atoms with E-state index in [-0.39, 0.29) is 18.0 Å². The van der Waals surface area contributed by atoms with Crippen molar-refractivity contribution in [3.05, 3.63) is 69.6 Å². The van der Waals surface area contributed by atoms with Crippen LogP contribution in [0.25, 0.3) is 33.1 Å². The highest BCUT2D eigenvalue weighted by atomic mass is 28.3. The third kappa shape index (κ3) is 6.17. The number of likely N-dealkylation sites (N-methyl/N-ethyl adjacent to an activating group) is 1. The lowest BCUT2D eigenvalue weighted by Gasteiger charge is -2.26. The van der Waals surface area contributed by atoms with Gasteiger partial charge in [0.15, 0.2) is 11.4 Å². The summed E-state index contributed by atoms with van der Waals surface area (Å²) in [6.07, 6.45) is 2.47. The largest absolute Gasteiger partial charge is 0.495 e. The molecule has 0 amide bonds. The van der Waals surface area contributed by atoms with Crippen molar-refractivity contribution in [1.29, 1.82) is 0 Å². The number of hydrogen-bond acceptors (Lipinski definition) is 9. The molecular weight excluding hydrogens is 591 g/mol. The minimum Gasteiger partial charge on any atom is -0.495 e. The summed E-state index contributed by atoms with van der Waals surface area (Å²) in [5.41, 5.74) is 12.4. The number of nitrogens with two attached hydrogens (primary N) is 1. The smallest absolute Gasteiger partial charge is 0.421 e. The average molecular weight is 631 g/mol. The first-order valence-corrected chi connectivity index (χ1v) is 18.7. The molecule has 45 heavy (non-hydrogen) atoms. The van der Waals surface area contributed by atoms with E-state index in [0.29, 0.717) is 45.9 Å². The third-order valence-corrected chi connectivity index (χ3v) is 10.1. The van der Waals surface area contributed by atoms with Gasteiger partial charge >= 0.3 is 5.76 Å². The van der Waals surface area contributed by atoms with Gasteiger partial charge in [0.1, 0.15) is 12.5 Å². The fourth-order valence-electron chi connectivity index (χ4n) is 5.71. The van der Waals surface area contributed by atoms with Crippen molar-refractivity contribution in [3.8, 4) is 16.9 Å². The van der Waals surface area contributed by atoms with Gasteiger partial charge in [0, 0.05) is 44.9 Å². The molecule has 3 heterocycles. The molecule has 0 aliphatic carbocycles. The molecule has 2 aromatic heterocycles. The number of aryl methyl sites for hydroxylation is 1. The molecule has 6 rings (SSSR count). The van der Waals surface area contributed by atoms with Crippen LogP contribution in [-0.4, -0.2) is 54.8 Å². The van der Waals surface area contributed by atoms with Gasteiger partial charge in [-0.1, -0.05) is 19.6 Å². The molecule has 0 bridgehead atoms. The third-order valence-electron chi connectivity index (χ3n) is 8.36. The summed E-state index contributed by atoms with van der Waals surface area (Å²) in [6.45, 7) is 11.2. The van der Waals surface area contributed by atoms with Crippen molar-refractivity contribution in [3.63, 3.8) is 0 Å². The summed E-state index contributed by atoms with van der Waals surface area (Å²) in [4.78, 5) is 24.1. The second-order valence-corrected chi connectivity index (χ2v) is 18.6. The Morgan fingerprint density at radius 3 is 2.69 bits per heavy atom. The molecule has 12 heteroatoms. The second kappa shape index (κ2) is 11.9. The van der Waals surface area contributed by atoms with E-state index in [9.17, 15) is 4.79 Å². The molecule has 0 saturated heterocycles. The Morgan fingerprint density at radius 2 is 1.93 bits per heavy atom. The number of anilines is 3. The van der Waals surface area contributed by atoms with Gasteiger partial charge in [0.25, 0.3) is 0 Å². The van der Waals surface area contributed by atoms with Gasteiger partial charge in [0.05, 0.1) is 29.5 Å². The minimum atomic E-state index is -1.27. The quantitative estimate of drug-likeness (QED) is 0.110. The second-order valence-electron chi connectivity index (χ2n) is 13.0. The highest BCUT2D eigenvalue weighted by molar-refractivity contribution is 6.76. The van der Waals surface area contributed by atoms with Crippen LogP contribution >= 0.6 is 0 Å².